The first-order chi connectivity index (χ1) is 11.7. The molecule has 0 aliphatic heterocycles. The van der Waals surface area contributed by atoms with E-state index in [2.05, 4.69) is 31.7 Å². The van der Waals surface area contributed by atoms with Crippen LogP contribution in [-0.2, 0) is 9.53 Å². The molecule has 2 rings (SSSR count). The van der Waals surface area contributed by atoms with Gasteiger partial charge in [-0.05, 0) is 48.5 Å². The molecule has 2 aromatic rings. The van der Waals surface area contributed by atoms with E-state index >= 15 is 0 Å². The van der Waals surface area contributed by atoms with E-state index in [1.165, 1.54) is 0 Å². The van der Waals surface area contributed by atoms with Crippen LogP contribution in [0, 0.1) is 0 Å². The summed E-state index contributed by atoms with van der Waals surface area (Å²) in [5.74, 6) is 0.525. The van der Waals surface area contributed by atoms with E-state index in [9.17, 15) is 9.90 Å². The molecule has 0 heterocycles. The maximum atomic E-state index is 10.5. The zero-order valence-electron chi connectivity index (χ0n) is 15.3. The summed E-state index contributed by atoms with van der Waals surface area (Å²) < 4.78 is 9.61. The highest BCUT2D eigenvalue weighted by atomic mass is 28.3. The van der Waals surface area contributed by atoms with Crippen LogP contribution in [0.25, 0.3) is 0 Å². The SMILES string of the molecule is CC(C)(c1ccc(O)cc1)c1ccc(OC(=O)O)cc1.C[SiH](C)O[SiH3]. The van der Waals surface area contributed by atoms with Gasteiger partial charge in [0.05, 0.1) is 0 Å². The first-order valence-corrected chi connectivity index (χ1v) is 11.6. The lowest BCUT2D eigenvalue weighted by Gasteiger charge is -2.26. The molecule has 0 atom stereocenters. The van der Waals surface area contributed by atoms with Crippen LogP contribution in [0.1, 0.15) is 25.0 Å². The van der Waals surface area contributed by atoms with E-state index < -0.39 is 15.2 Å². The quantitative estimate of drug-likeness (QED) is 0.486. The number of aromatic hydroxyl groups is 1. The molecule has 0 bridgehead atoms. The van der Waals surface area contributed by atoms with Crippen molar-refractivity contribution in [1.29, 1.82) is 0 Å². The summed E-state index contributed by atoms with van der Waals surface area (Å²) in [4.78, 5) is 10.5. The predicted molar refractivity (Wildman–Crippen MR) is 105 cm³/mol. The van der Waals surface area contributed by atoms with Crippen LogP contribution in [0.5, 0.6) is 11.5 Å². The Morgan fingerprint density at radius 3 is 1.76 bits per heavy atom. The molecular weight excluding hydrogens is 352 g/mol. The van der Waals surface area contributed by atoms with Gasteiger partial charge in [-0.2, -0.15) is 0 Å². The molecule has 25 heavy (non-hydrogen) atoms. The van der Waals surface area contributed by atoms with Crippen LogP contribution < -0.4 is 4.74 Å². The average Bonchev–Trinajstić information content (AvgIpc) is 2.55. The molecule has 0 fully saturated rings. The van der Waals surface area contributed by atoms with Crippen LogP contribution >= 0.6 is 0 Å². The molecule has 0 unspecified atom stereocenters. The fraction of sp³-hybridized carbons (Fsp3) is 0.278. The minimum Gasteiger partial charge on any atom is -0.508 e. The Bertz CT molecular complexity index is 667. The standard InChI is InChI=1S/C16H16O4.C2H10OSi2/c1-16(2,11-3-7-13(17)8-4-11)12-5-9-14(10-6-12)20-15(18)19;1-5(2)3-4/h3-10,17H,1-2H3,(H,18,19);5H,1-2,4H3. The summed E-state index contributed by atoms with van der Waals surface area (Å²) >= 11 is 0. The van der Waals surface area contributed by atoms with Crippen LogP contribution in [-0.4, -0.2) is 35.9 Å². The third-order valence-electron chi connectivity index (χ3n) is 3.84. The second kappa shape index (κ2) is 9.40. The first-order valence-electron chi connectivity index (χ1n) is 8.00. The van der Waals surface area contributed by atoms with E-state index in [0.29, 0.717) is 5.75 Å². The van der Waals surface area contributed by atoms with E-state index in [0.717, 1.165) is 21.6 Å². The molecule has 0 spiro atoms. The third-order valence-corrected chi connectivity index (χ3v) is 7.61. The molecule has 2 N–H and O–H groups in total. The van der Waals surface area contributed by atoms with Gasteiger partial charge in [0.15, 0.2) is 9.04 Å². The molecule has 0 aliphatic carbocycles. The highest BCUT2D eigenvalue weighted by Crippen LogP contribution is 2.33. The van der Waals surface area contributed by atoms with Crippen molar-refractivity contribution >= 4 is 25.7 Å². The van der Waals surface area contributed by atoms with E-state index in [4.69, 9.17) is 9.22 Å². The summed E-state index contributed by atoms with van der Waals surface area (Å²) in [5.41, 5.74) is 1.83. The monoisotopic (exact) mass is 378 g/mol. The molecule has 0 radical (unpaired) electrons. The topological polar surface area (TPSA) is 76.0 Å². The van der Waals surface area contributed by atoms with Gasteiger partial charge in [-0.3, -0.25) is 0 Å². The number of phenols is 1. The second-order valence-electron chi connectivity index (χ2n) is 6.35. The number of ether oxygens (including phenoxy) is 1. The van der Waals surface area contributed by atoms with Gasteiger partial charge in [-0.25, -0.2) is 4.79 Å². The van der Waals surface area contributed by atoms with Crippen LogP contribution in [0.15, 0.2) is 48.5 Å². The van der Waals surface area contributed by atoms with Gasteiger partial charge in [-0.1, -0.05) is 38.1 Å². The van der Waals surface area contributed by atoms with E-state index in [1.54, 1.807) is 24.3 Å². The maximum absolute atomic E-state index is 10.5. The minimum absolute atomic E-state index is 0.231. The number of rotatable bonds is 4. The Morgan fingerprint density at radius 2 is 1.40 bits per heavy atom. The molecule has 2 aromatic carbocycles. The van der Waals surface area contributed by atoms with Crippen molar-refractivity contribution < 1.29 is 23.9 Å². The largest absolute Gasteiger partial charge is 0.511 e. The van der Waals surface area contributed by atoms with E-state index in [1.807, 2.05) is 24.3 Å². The Hall–Kier alpha value is -2.10. The van der Waals surface area contributed by atoms with Gasteiger partial charge in [0.2, 0.25) is 0 Å². The normalized spacial score (nSPS) is 10.9. The van der Waals surface area contributed by atoms with Gasteiger partial charge in [0, 0.05) is 5.41 Å². The first kappa shape index (κ1) is 20.9. The fourth-order valence-electron chi connectivity index (χ4n) is 2.09. The van der Waals surface area contributed by atoms with Gasteiger partial charge < -0.3 is 19.1 Å². The van der Waals surface area contributed by atoms with Crippen LogP contribution in [0.3, 0.4) is 0 Å². The Labute approximate surface area is 153 Å². The van der Waals surface area contributed by atoms with Gasteiger partial charge in [-0.15, -0.1) is 0 Å². The third kappa shape index (κ3) is 6.73. The zero-order valence-corrected chi connectivity index (χ0v) is 18.5. The Morgan fingerprint density at radius 1 is 1.00 bits per heavy atom. The van der Waals surface area contributed by atoms with E-state index in [-0.39, 0.29) is 11.2 Å². The van der Waals surface area contributed by atoms with Crippen LogP contribution in [0.4, 0.5) is 4.79 Å². The highest BCUT2D eigenvalue weighted by molar-refractivity contribution is 6.52. The molecule has 5 nitrogen and oxygen atoms in total. The number of phenolic OH excluding ortho intramolecular Hbond substituents is 1. The Balaban J connectivity index is 0.000000550. The lowest BCUT2D eigenvalue weighted by atomic mass is 9.78. The molecule has 0 saturated heterocycles. The number of carboxylic acid groups (broad SMARTS) is 1. The summed E-state index contributed by atoms with van der Waals surface area (Å²) in [7, 11) is 0.347. The molecule has 7 heteroatoms. The highest BCUT2D eigenvalue weighted by Gasteiger charge is 2.23. The zero-order chi connectivity index (χ0) is 19.0. The van der Waals surface area contributed by atoms with Crippen molar-refractivity contribution in [3.63, 3.8) is 0 Å². The lowest BCUT2D eigenvalue weighted by molar-refractivity contribution is 0.144. The van der Waals surface area contributed by atoms with Crippen molar-refractivity contribution in [3.05, 3.63) is 59.7 Å². The average molecular weight is 379 g/mol. The van der Waals surface area contributed by atoms with Gasteiger partial charge in [0.1, 0.15) is 22.0 Å². The van der Waals surface area contributed by atoms with Crippen molar-refractivity contribution in [1.82, 2.24) is 0 Å². The number of benzene rings is 2. The summed E-state index contributed by atoms with van der Waals surface area (Å²) in [6, 6.07) is 14.0. The molecule has 0 aliphatic rings. The molecule has 0 aromatic heterocycles. The van der Waals surface area contributed by atoms with Crippen molar-refractivity contribution in [2.45, 2.75) is 32.4 Å². The molecular formula is C18H26O5Si2. The Kier molecular flexibility index (Phi) is 7.88. The van der Waals surface area contributed by atoms with Gasteiger partial charge >= 0.3 is 6.16 Å². The van der Waals surface area contributed by atoms with Crippen LogP contribution in [0.2, 0.25) is 13.1 Å². The predicted octanol–water partition coefficient (Wildman–Crippen LogP) is 3.04. The molecule has 136 valence electrons. The fourth-order valence-corrected chi connectivity index (χ4v) is 2.09. The summed E-state index contributed by atoms with van der Waals surface area (Å²) in [6.07, 6.45) is -1.32. The molecule has 0 saturated carbocycles. The second-order valence-corrected chi connectivity index (χ2v) is 10.3. The minimum atomic E-state index is -1.32. The number of carbonyl (C=O) groups is 1. The molecule has 0 amide bonds. The smallest absolute Gasteiger partial charge is 0.508 e. The van der Waals surface area contributed by atoms with Crippen molar-refractivity contribution in [2.75, 3.05) is 0 Å². The number of hydrogen-bond acceptors (Lipinski definition) is 4. The summed E-state index contributed by atoms with van der Waals surface area (Å²) in [5, 5.41) is 17.9. The number of hydrogen-bond donors (Lipinski definition) is 2. The maximum Gasteiger partial charge on any atom is 0.511 e. The van der Waals surface area contributed by atoms with Gasteiger partial charge in [0.25, 0.3) is 0 Å². The van der Waals surface area contributed by atoms with Crippen molar-refractivity contribution in [2.24, 2.45) is 0 Å². The summed E-state index contributed by atoms with van der Waals surface area (Å²) in [6.45, 7) is 8.47. The lowest BCUT2D eigenvalue weighted by Crippen LogP contribution is -2.18. The van der Waals surface area contributed by atoms with Crippen molar-refractivity contribution in [3.8, 4) is 11.5 Å².